The Labute approximate surface area is 160 Å². The van der Waals surface area contributed by atoms with Crippen LogP contribution in [0.1, 0.15) is 59.3 Å². The van der Waals surface area contributed by atoms with Gasteiger partial charge < -0.3 is 20.6 Å². The Balaban J connectivity index is 1.76. The van der Waals surface area contributed by atoms with Gasteiger partial charge in [0.25, 0.3) is 0 Å². The molecule has 4 aliphatic rings. The molecule has 2 unspecified atom stereocenters. The Hall–Kier alpha value is -1.40. The van der Waals surface area contributed by atoms with Crippen LogP contribution in [0.15, 0.2) is 22.0 Å². The van der Waals surface area contributed by atoms with Gasteiger partial charge in [0.05, 0.1) is 23.6 Å². The molecule has 4 N–H and O–H groups in total. The zero-order chi connectivity index (χ0) is 19.6. The molecule has 8 atom stereocenters. The molecule has 0 aromatic carbocycles. The molecule has 0 heterocycles. The molecule has 0 aromatic rings. The highest BCUT2D eigenvalue weighted by Crippen LogP contribution is 2.65. The quantitative estimate of drug-likeness (QED) is 0.320. The van der Waals surface area contributed by atoms with E-state index >= 15 is 0 Å². The molecule has 0 bridgehead atoms. The second-order valence-corrected chi connectivity index (χ2v) is 9.82. The van der Waals surface area contributed by atoms with Gasteiger partial charge in [-0.15, -0.1) is 0 Å². The van der Waals surface area contributed by atoms with Gasteiger partial charge in [0, 0.05) is 11.8 Å². The van der Waals surface area contributed by atoms with Gasteiger partial charge in [-0.1, -0.05) is 29.7 Å². The van der Waals surface area contributed by atoms with Gasteiger partial charge in [0.1, 0.15) is 0 Å². The third kappa shape index (κ3) is 2.52. The van der Waals surface area contributed by atoms with Gasteiger partial charge in [0.15, 0.2) is 0 Å². The first-order chi connectivity index (χ1) is 12.8. The maximum atomic E-state index is 10.4. The molecule has 4 aliphatic carbocycles. The first kappa shape index (κ1) is 18.9. The van der Waals surface area contributed by atoms with E-state index in [1.165, 1.54) is 5.57 Å². The van der Waals surface area contributed by atoms with Crippen molar-refractivity contribution >= 4 is 11.4 Å². The number of rotatable bonds is 1. The summed E-state index contributed by atoms with van der Waals surface area (Å²) in [7, 11) is 0. The molecule has 6 heteroatoms. The molecule has 0 spiro atoms. The van der Waals surface area contributed by atoms with Crippen LogP contribution < -0.4 is 0 Å². The van der Waals surface area contributed by atoms with Gasteiger partial charge in [-0.2, -0.15) is 0 Å². The van der Waals surface area contributed by atoms with Crippen LogP contribution in [0.3, 0.4) is 0 Å². The molecule has 0 aliphatic heterocycles. The third-order valence-corrected chi connectivity index (χ3v) is 8.72. The van der Waals surface area contributed by atoms with Gasteiger partial charge in [-0.25, -0.2) is 0 Å². The van der Waals surface area contributed by atoms with Crippen LogP contribution >= 0.6 is 0 Å². The summed E-state index contributed by atoms with van der Waals surface area (Å²) in [6.45, 7) is 6.42. The van der Waals surface area contributed by atoms with E-state index in [1.54, 1.807) is 0 Å². The number of nitrogens with zero attached hydrogens (tertiary/aromatic N) is 2. The standard InChI is InChI=1S/C21H32N2O4/c1-11(22-26)13-4-5-14-12-8-17(23-27)16-9-18(24)19(25)10-21(16,3)15(12)6-7-20(13,14)2/h8,13-16,18-19,24-27H,4-7,9-10H2,1-3H3/b22-11-,23-17+/t13-,14?,15?,16+,18-,19+,20-,21-/m1/s1. The number of aliphatic hydroxyl groups excluding tert-OH is 2. The summed E-state index contributed by atoms with van der Waals surface area (Å²) >= 11 is 0. The van der Waals surface area contributed by atoms with Gasteiger partial charge in [-0.3, -0.25) is 0 Å². The predicted molar refractivity (Wildman–Crippen MR) is 102 cm³/mol. The molecular formula is C21H32N2O4. The Kier molecular flexibility index (Phi) is 4.43. The van der Waals surface area contributed by atoms with E-state index in [-0.39, 0.29) is 22.7 Å². The molecule has 0 radical (unpaired) electrons. The van der Waals surface area contributed by atoms with Crippen molar-refractivity contribution in [3.8, 4) is 0 Å². The van der Waals surface area contributed by atoms with Crippen molar-refractivity contribution in [3.63, 3.8) is 0 Å². The monoisotopic (exact) mass is 376 g/mol. The summed E-state index contributed by atoms with van der Waals surface area (Å²) in [4.78, 5) is 0. The average Bonchev–Trinajstić information content (AvgIpc) is 2.99. The first-order valence-corrected chi connectivity index (χ1v) is 10.2. The molecule has 3 saturated carbocycles. The Morgan fingerprint density at radius 1 is 1.00 bits per heavy atom. The Morgan fingerprint density at radius 2 is 1.70 bits per heavy atom. The minimum atomic E-state index is -0.761. The number of oxime groups is 2. The summed E-state index contributed by atoms with van der Waals surface area (Å²) in [5.74, 6) is 0.944. The number of hydrogen-bond acceptors (Lipinski definition) is 6. The zero-order valence-corrected chi connectivity index (χ0v) is 16.5. The second kappa shape index (κ2) is 6.31. The summed E-state index contributed by atoms with van der Waals surface area (Å²) in [5, 5.41) is 46.8. The number of fused-ring (bicyclic) bond motifs is 5. The third-order valence-electron chi connectivity index (χ3n) is 8.72. The zero-order valence-electron chi connectivity index (χ0n) is 16.5. The van der Waals surface area contributed by atoms with Crippen molar-refractivity contribution in [1.29, 1.82) is 0 Å². The van der Waals surface area contributed by atoms with Crippen molar-refractivity contribution in [1.82, 2.24) is 0 Å². The van der Waals surface area contributed by atoms with Crippen LogP contribution in [0.4, 0.5) is 0 Å². The maximum absolute atomic E-state index is 10.4. The molecule has 3 fully saturated rings. The molecule has 150 valence electrons. The SMILES string of the molecule is C/C(=N/O)[C@H]1CCC2C3=C/C(=N\O)[C@@H]4C[C@@H](O)[C@@H](O)C[C@]4(C)C3CC[C@@]21C. The molecule has 0 aromatic heterocycles. The lowest BCUT2D eigenvalue weighted by atomic mass is 9.47. The van der Waals surface area contributed by atoms with Crippen molar-refractivity contribution in [3.05, 3.63) is 11.6 Å². The highest BCUT2D eigenvalue weighted by molar-refractivity contribution is 5.99. The molecule has 6 nitrogen and oxygen atoms in total. The average molecular weight is 376 g/mol. The Morgan fingerprint density at radius 3 is 2.37 bits per heavy atom. The fourth-order valence-electron chi connectivity index (χ4n) is 7.27. The fourth-order valence-corrected chi connectivity index (χ4v) is 7.27. The van der Waals surface area contributed by atoms with E-state index in [9.17, 15) is 20.6 Å². The highest BCUT2D eigenvalue weighted by Gasteiger charge is 2.60. The van der Waals surface area contributed by atoms with E-state index in [4.69, 9.17) is 0 Å². The van der Waals surface area contributed by atoms with Crippen molar-refractivity contribution in [2.45, 2.75) is 71.5 Å². The molecule has 0 amide bonds. The minimum absolute atomic E-state index is 0.0306. The summed E-state index contributed by atoms with van der Waals surface area (Å²) in [6, 6.07) is 0. The van der Waals surface area contributed by atoms with Crippen molar-refractivity contribution in [2.75, 3.05) is 0 Å². The van der Waals surface area contributed by atoms with Crippen LogP contribution in [-0.4, -0.2) is 44.3 Å². The summed E-state index contributed by atoms with van der Waals surface area (Å²) in [6.07, 6.45) is 5.70. The lowest BCUT2D eigenvalue weighted by molar-refractivity contribution is -0.0881. The first-order valence-electron chi connectivity index (χ1n) is 10.2. The lowest BCUT2D eigenvalue weighted by Gasteiger charge is -2.57. The van der Waals surface area contributed by atoms with E-state index < -0.39 is 12.2 Å². The van der Waals surface area contributed by atoms with Gasteiger partial charge in [0.2, 0.25) is 0 Å². The minimum Gasteiger partial charge on any atom is -0.411 e. The highest BCUT2D eigenvalue weighted by atomic mass is 16.4. The normalized spacial score (nSPS) is 51.4. The number of hydrogen-bond donors (Lipinski definition) is 4. The van der Waals surface area contributed by atoms with Crippen LogP contribution in [0.25, 0.3) is 0 Å². The molecule has 4 rings (SSSR count). The van der Waals surface area contributed by atoms with E-state index in [1.807, 2.05) is 6.92 Å². The van der Waals surface area contributed by atoms with Crippen molar-refractivity contribution in [2.24, 2.45) is 44.8 Å². The largest absolute Gasteiger partial charge is 0.411 e. The van der Waals surface area contributed by atoms with E-state index in [2.05, 4.69) is 30.2 Å². The topological polar surface area (TPSA) is 106 Å². The summed E-state index contributed by atoms with van der Waals surface area (Å²) in [5.41, 5.74) is 2.65. The van der Waals surface area contributed by atoms with Crippen LogP contribution in [-0.2, 0) is 0 Å². The smallest absolute Gasteiger partial charge is 0.0832 e. The van der Waals surface area contributed by atoms with E-state index in [0.29, 0.717) is 30.4 Å². The summed E-state index contributed by atoms with van der Waals surface area (Å²) < 4.78 is 0. The predicted octanol–water partition coefficient (Wildman–Crippen LogP) is 3.19. The molecular weight excluding hydrogens is 344 g/mol. The number of allylic oxidation sites excluding steroid dienone is 2. The van der Waals surface area contributed by atoms with E-state index in [0.717, 1.165) is 31.4 Å². The molecule has 27 heavy (non-hydrogen) atoms. The second-order valence-electron chi connectivity index (χ2n) is 9.82. The van der Waals surface area contributed by atoms with Crippen LogP contribution in [0, 0.1) is 34.5 Å². The molecule has 0 saturated heterocycles. The lowest BCUT2D eigenvalue weighted by Crippen LogP contribution is -2.56. The van der Waals surface area contributed by atoms with Crippen molar-refractivity contribution < 1.29 is 20.6 Å². The van der Waals surface area contributed by atoms with Crippen LogP contribution in [0.2, 0.25) is 0 Å². The van der Waals surface area contributed by atoms with Crippen LogP contribution in [0.5, 0.6) is 0 Å². The van der Waals surface area contributed by atoms with Gasteiger partial charge >= 0.3 is 0 Å². The van der Waals surface area contributed by atoms with Gasteiger partial charge in [-0.05, 0) is 74.2 Å². The Bertz CT molecular complexity index is 717. The number of aliphatic hydroxyl groups is 2. The fraction of sp³-hybridized carbons (Fsp3) is 0.810. The maximum Gasteiger partial charge on any atom is 0.0832 e.